The van der Waals surface area contributed by atoms with E-state index in [1.165, 1.54) is 19.3 Å². The summed E-state index contributed by atoms with van der Waals surface area (Å²) in [6.45, 7) is 0. The third-order valence-electron chi connectivity index (χ3n) is 4.50. The van der Waals surface area contributed by atoms with Crippen LogP contribution in [0.1, 0.15) is 31.1 Å². The fourth-order valence-corrected chi connectivity index (χ4v) is 3.68. The molecular weight excluding hydrogens is 212 g/mol. The first-order chi connectivity index (χ1) is 8.33. The zero-order chi connectivity index (χ0) is 11.4. The minimum Gasteiger partial charge on any atom is -0.458 e. The van der Waals surface area contributed by atoms with E-state index in [4.69, 9.17) is 4.42 Å². The molecule has 1 aliphatic heterocycles. The largest absolute Gasteiger partial charge is 0.458 e. The lowest BCUT2D eigenvalue weighted by Gasteiger charge is -2.30. The van der Waals surface area contributed by atoms with E-state index < -0.39 is 0 Å². The van der Waals surface area contributed by atoms with E-state index in [2.05, 4.69) is 23.0 Å². The normalized spacial score (nSPS) is 32.6. The maximum Gasteiger partial charge on any atom is 0.152 e. The van der Waals surface area contributed by atoms with Crippen LogP contribution in [0.2, 0.25) is 0 Å². The molecular formula is C14H16N2O. The molecule has 0 aromatic carbocycles. The molecule has 2 aliphatic rings. The van der Waals surface area contributed by atoms with Gasteiger partial charge in [-0.3, -0.25) is 9.88 Å². The number of pyridine rings is 1. The highest BCUT2D eigenvalue weighted by atomic mass is 16.3. The summed E-state index contributed by atoms with van der Waals surface area (Å²) in [7, 11) is 2.23. The SMILES string of the molecule is CN1C(c2cc3ncccc3o2)[C@H]2CC[C@@H]1C2. The van der Waals surface area contributed by atoms with Gasteiger partial charge in [0, 0.05) is 18.3 Å². The smallest absolute Gasteiger partial charge is 0.152 e. The highest BCUT2D eigenvalue weighted by Gasteiger charge is 2.45. The topological polar surface area (TPSA) is 29.3 Å². The fourth-order valence-electron chi connectivity index (χ4n) is 3.68. The first-order valence-corrected chi connectivity index (χ1v) is 6.39. The van der Waals surface area contributed by atoms with Crippen LogP contribution in [-0.4, -0.2) is 23.0 Å². The summed E-state index contributed by atoms with van der Waals surface area (Å²) in [5.74, 6) is 1.89. The van der Waals surface area contributed by atoms with Gasteiger partial charge in [-0.1, -0.05) is 0 Å². The van der Waals surface area contributed by atoms with Crippen LogP contribution in [0.15, 0.2) is 28.8 Å². The number of nitrogens with zero attached hydrogens (tertiary/aromatic N) is 2. The van der Waals surface area contributed by atoms with Gasteiger partial charge in [0.1, 0.15) is 11.3 Å². The molecule has 0 radical (unpaired) electrons. The quantitative estimate of drug-likeness (QED) is 0.751. The second-order valence-electron chi connectivity index (χ2n) is 5.37. The van der Waals surface area contributed by atoms with Crippen LogP contribution in [0.3, 0.4) is 0 Å². The van der Waals surface area contributed by atoms with Crippen LogP contribution in [0, 0.1) is 5.92 Å². The molecule has 3 atom stereocenters. The number of piperidine rings is 1. The Labute approximate surface area is 100 Å². The second kappa shape index (κ2) is 3.33. The van der Waals surface area contributed by atoms with Crippen LogP contribution in [0.25, 0.3) is 11.1 Å². The van der Waals surface area contributed by atoms with Gasteiger partial charge < -0.3 is 4.42 Å². The van der Waals surface area contributed by atoms with Crippen LogP contribution in [0.4, 0.5) is 0 Å². The minimum atomic E-state index is 0.475. The van der Waals surface area contributed by atoms with Gasteiger partial charge in [0.2, 0.25) is 0 Å². The molecule has 2 aromatic heterocycles. The van der Waals surface area contributed by atoms with Gasteiger partial charge in [0.25, 0.3) is 0 Å². The predicted octanol–water partition coefficient (Wildman–Crippen LogP) is 2.98. The molecule has 2 bridgehead atoms. The van der Waals surface area contributed by atoms with E-state index in [1.54, 1.807) is 0 Å². The molecule has 3 heterocycles. The number of hydrogen-bond donors (Lipinski definition) is 0. The zero-order valence-corrected chi connectivity index (χ0v) is 9.97. The molecule has 4 rings (SSSR count). The van der Waals surface area contributed by atoms with Gasteiger partial charge in [0.05, 0.1) is 6.04 Å². The Bertz CT molecular complexity index is 527. The predicted molar refractivity (Wildman–Crippen MR) is 65.6 cm³/mol. The van der Waals surface area contributed by atoms with E-state index in [0.717, 1.165) is 28.8 Å². The Morgan fingerprint density at radius 2 is 2.35 bits per heavy atom. The summed E-state index contributed by atoms with van der Waals surface area (Å²) in [5.41, 5.74) is 1.90. The summed E-state index contributed by atoms with van der Waals surface area (Å²) in [6, 6.07) is 7.30. The van der Waals surface area contributed by atoms with E-state index in [1.807, 2.05) is 18.3 Å². The monoisotopic (exact) mass is 228 g/mol. The molecule has 0 amide bonds. The Morgan fingerprint density at radius 1 is 1.41 bits per heavy atom. The van der Waals surface area contributed by atoms with Crippen molar-refractivity contribution < 1.29 is 4.42 Å². The Kier molecular flexibility index (Phi) is 1.89. The highest BCUT2D eigenvalue weighted by molar-refractivity contribution is 5.72. The van der Waals surface area contributed by atoms with Crippen molar-refractivity contribution in [2.45, 2.75) is 31.3 Å². The summed E-state index contributed by atoms with van der Waals surface area (Å²) in [6.07, 6.45) is 5.87. The van der Waals surface area contributed by atoms with E-state index in [0.29, 0.717) is 6.04 Å². The Hall–Kier alpha value is -1.35. The number of furan rings is 1. The third kappa shape index (κ3) is 1.29. The third-order valence-corrected chi connectivity index (χ3v) is 4.50. The summed E-state index contributed by atoms with van der Waals surface area (Å²) < 4.78 is 5.97. The Balaban J connectivity index is 1.79. The van der Waals surface area contributed by atoms with E-state index in [9.17, 15) is 0 Å². The molecule has 2 aromatic rings. The van der Waals surface area contributed by atoms with E-state index in [-0.39, 0.29) is 0 Å². The lowest BCUT2D eigenvalue weighted by atomic mass is 9.97. The second-order valence-corrected chi connectivity index (χ2v) is 5.37. The van der Waals surface area contributed by atoms with Crippen molar-refractivity contribution in [3.63, 3.8) is 0 Å². The molecule has 1 unspecified atom stereocenters. The zero-order valence-electron chi connectivity index (χ0n) is 9.97. The van der Waals surface area contributed by atoms with Crippen molar-refractivity contribution in [3.8, 4) is 0 Å². The maximum absolute atomic E-state index is 5.97. The molecule has 17 heavy (non-hydrogen) atoms. The van der Waals surface area contributed by atoms with Crippen molar-refractivity contribution >= 4 is 11.1 Å². The number of likely N-dealkylation sites (tertiary alicyclic amines) is 1. The summed E-state index contributed by atoms with van der Waals surface area (Å²) in [5, 5.41) is 0. The first kappa shape index (κ1) is 9.66. The van der Waals surface area contributed by atoms with Crippen LogP contribution < -0.4 is 0 Å². The highest BCUT2D eigenvalue weighted by Crippen LogP contribution is 2.49. The van der Waals surface area contributed by atoms with E-state index >= 15 is 0 Å². The number of hydrogen-bond acceptors (Lipinski definition) is 3. The van der Waals surface area contributed by atoms with Crippen molar-refractivity contribution in [2.75, 3.05) is 7.05 Å². The average Bonchev–Trinajstić information content (AvgIpc) is 3.00. The number of fused-ring (bicyclic) bond motifs is 3. The van der Waals surface area contributed by atoms with Crippen molar-refractivity contribution in [1.29, 1.82) is 0 Å². The van der Waals surface area contributed by atoms with Gasteiger partial charge in [-0.15, -0.1) is 0 Å². The van der Waals surface area contributed by atoms with Crippen molar-refractivity contribution in [2.24, 2.45) is 5.92 Å². The van der Waals surface area contributed by atoms with Gasteiger partial charge in [0.15, 0.2) is 5.58 Å². The molecule has 88 valence electrons. The number of rotatable bonds is 1. The minimum absolute atomic E-state index is 0.475. The molecule has 1 aliphatic carbocycles. The van der Waals surface area contributed by atoms with Crippen molar-refractivity contribution in [3.05, 3.63) is 30.2 Å². The van der Waals surface area contributed by atoms with Gasteiger partial charge in [-0.05, 0) is 44.4 Å². The lowest BCUT2D eigenvalue weighted by Crippen LogP contribution is -2.31. The molecule has 0 spiro atoms. The molecule has 3 heteroatoms. The molecule has 3 nitrogen and oxygen atoms in total. The van der Waals surface area contributed by atoms with Gasteiger partial charge in [-0.25, -0.2) is 0 Å². The summed E-state index contributed by atoms with van der Waals surface area (Å²) >= 11 is 0. The maximum atomic E-state index is 5.97. The van der Waals surface area contributed by atoms with Crippen LogP contribution >= 0.6 is 0 Å². The fraction of sp³-hybridized carbons (Fsp3) is 0.500. The van der Waals surface area contributed by atoms with Crippen LogP contribution in [0.5, 0.6) is 0 Å². The molecule has 1 saturated carbocycles. The number of aromatic nitrogens is 1. The van der Waals surface area contributed by atoms with Gasteiger partial charge in [-0.2, -0.15) is 0 Å². The van der Waals surface area contributed by atoms with Crippen LogP contribution in [-0.2, 0) is 0 Å². The molecule has 2 fully saturated rings. The lowest BCUT2D eigenvalue weighted by molar-refractivity contribution is 0.157. The van der Waals surface area contributed by atoms with Crippen molar-refractivity contribution in [1.82, 2.24) is 9.88 Å². The Morgan fingerprint density at radius 3 is 3.12 bits per heavy atom. The standard InChI is InChI=1S/C14H16N2O/c1-16-10-5-4-9(7-10)14(16)13-8-11-12(17-13)3-2-6-15-11/h2-3,6,8-10,14H,4-5,7H2,1H3/t9-,10+,14?/m0/s1. The first-order valence-electron chi connectivity index (χ1n) is 6.39. The molecule has 1 saturated heterocycles. The van der Waals surface area contributed by atoms with Gasteiger partial charge >= 0.3 is 0 Å². The molecule has 0 N–H and O–H groups in total. The average molecular weight is 228 g/mol. The summed E-state index contributed by atoms with van der Waals surface area (Å²) in [4.78, 5) is 6.84.